The molecule has 4 heteroatoms. The van der Waals surface area contributed by atoms with E-state index < -0.39 is 0 Å². The summed E-state index contributed by atoms with van der Waals surface area (Å²) in [5, 5.41) is 8.69. The number of halogens is 1. The molecule has 0 bridgehead atoms. The van der Waals surface area contributed by atoms with Gasteiger partial charge in [0, 0.05) is 24.1 Å². The maximum Gasteiger partial charge on any atom is 0.246 e. The molecule has 1 unspecified atom stereocenters. The third-order valence-electron chi connectivity index (χ3n) is 2.43. The van der Waals surface area contributed by atoms with E-state index in [4.69, 9.17) is 5.26 Å². The second-order valence-electron chi connectivity index (χ2n) is 4.13. The minimum absolute atomic E-state index is 0.0972. The van der Waals surface area contributed by atoms with E-state index in [2.05, 4.69) is 22.0 Å². The molecule has 0 heterocycles. The first-order chi connectivity index (χ1) is 8.52. The quantitative estimate of drug-likeness (QED) is 0.802. The Morgan fingerprint density at radius 1 is 1.50 bits per heavy atom. The normalized spacial score (nSPS) is 12.1. The molecule has 1 aromatic carbocycles. The van der Waals surface area contributed by atoms with Gasteiger partial charge in [-0.15, -0.1) is 0 Å². The summed E-state index contributed by atoms with van der Waals surface area (Å²) in [5.74, 6) is -0.250. The predicted octanol–water partition coefficient (Wildman–Crippen LogP) is 3.08. The minimum atomic E-state index is -0.153. The number of nitriles is 1. The van der Waals surface area contributed by atoms with Crippen molar-refractivity contribution in [2.75, 3.05) is 13.6 Å². The van der Waals surface area contributed by atoms with E-state index in [9.17, 15) is 4.79 Å². The highest BCUT2D eigenvalue weighted by Crippen LogP contribution is 2.11. The van der Waals surface area contributed by atoms with Gasteiger partial charge in [-0.3, -0.25) is 4.79 Å². The summed E-state index contributed by atoms with van der Waals surface area (Å²) in [6.45, 7) is 2.24. The average molecular weight is 307 g/mol. The van der Waals surface area contributed by atoms with E-state index in [0.717, 1.165) is 10.0 Å². The smallest absolute Gasteiger partial charge is 0.246 e. The molecular formula is C14H15BrN2O. The molecule has 94 valence electrons. The van der Waals surface area contributed by atoms with Crippen LogP contribution in [-0.4, -0.2) is 24.4 Å². The van der Waals surface area contributed by atoms with E-state index in [1.165, 1.54) is 6.08 Å². The Labute approximate surface area is 116 Å². The summed E-state index contributed by atoms with van der Waals surface area (Å²) in [6, 6.07) is 9.80. The summed E-state index contributed by atoms with van der Waals surface area (Å²) < 4.78 is 1.01. The minimum Gasteiger partial charge on any atom is -0.341 e. The van der Waals surface area contributed by atoms with Crippen LogP contribution in [0.5, 0.6) is 0 Å². The van der Waals surface area contributed by atoms with Crippen LogP contribution in [0.2, 0.25) is 0 Å². The number of rotatable bonds is 4. The predicted molar refractivity (Wildman–Crippen MR) is 75.6 cm³/mol. The lowest BCUT2D eigenvalue weighted by molar-refractivity contribution is -0.125. The Kier molecular flexibility index (Phi) is 5.60. The van der Waals surface area contributed by atoms with Crippen molar-refractivity contribution in [2.24, 2.45) is 5.92 Å². The number of amides is 1. The van der Waals surface area contributed by atoms with Crippen molar-refractivity contribution in [3.05, 3.63) is 40.4 Å². The van der Waals surface area contributed by atoms with Gasteiger partial charge >= 0.3 is 0 Å². The Morgan fingerprint density at radius 3 is 2.67 bits per heavy atom. The molecule has 1 rings (SSSR count). The van der Waals surface area contributed by atoms with Crippen LogP contribution in [-0.2, 0) is 4.79 Å². The number of hydrogen-bond acceptors (Lipinski definition) is 2. The van der Waals surface area contributed by atoms with Crippen LogP contribution < -0.4 is 0 Å². The molecule has 18 heavy (non-hydrogen) atoms. The molecule has 1 atom stereocenters. The standard InChI is InChI=1S/C14H15BrN2O/c1-11(9-16)10-17(2)14(18)8-5-12-3-6-13(15)7-4-12/h3-8,11H,10H2,1-2H3/b8-5+. The van der Waals surface area contributed by atoms with Crippen LogP contribution in [0.4, 0.5) is 0 Å². The molecule has 1 amide bonds. The largest absolute Gasteiger partial charge is 0.341 e. The van der Waals surface area contributed by atoms with Gasteiger partial charge in [0.15, 0.2) is 0 Å². The maximum atomic E-state index is 11.8. The summed E-state index contributed by atoms with van der Waals surface area (Å²) >= 11 is 3.35. The van der Waals surface area contributed by atoms with Gasteiger partial charge in [0.05, 0.1) is 12.0 Å². The molecule has 0 saturated carbocycles. The molecule has 0 fully saturated rings. The van der Waals surface area contributed by atoms with Gasteiger partial charge in [0.1, 0.15) is 0 Å². The molecule has 0 radical (unpaired) electrons. The van der Waals surface area contributed by atoms with Crippen LogP contribution in [0.3, 0.4) is 0 Å². The second-order valence-corrected chi connectivity index (χ2v) is 5.05. The number of nitrogens with zero attached hydrogens (tertiary/aromatic N) is 2. The molecule has 0 N–H and O–H groups in total. The highest BCUT2D eigenvalue weighted by Gasteiger charge is 2.08. The Hall–Kier alpha value is -1.60. The van der Waals surface area contributed by atoms with Crippen molar-refractivity contribution in [3.63, 3.8) is 0 Å². The monoisotopic (exact) mass is 306 g/mol. The first-order valence-corrected chi connectivity index (χ1v) is 6.40. The average Bonchev–Trinajstić information content (AvgIpc) is 2.37. The lowest BCUT2D eigenvalue weighted by Crippen LogP contribution is -2.29. The first kappa shape index (κ1) is 14.5. The number of carbonyl (C=O) groups is 1. The zero-order valence-electron chi connectivity index (χ0n) is 10.4. The molecule has 0 saturated heterocycles. The van der Waals surface area contributed by atoms with Gasteiger partial charge in [0.2, 0.25) is 5.91 Å². The van der Waals surface area contributed by atoms with Crippen molar-refractivity contribution < 1.29 is 4.79 Å². The van der Waals surface area contributed by atoms with Gasteiger partial charge in [-0.25, -0.2) is 0 Å². The van der Waals surface area contributed by atoms with Crippen molar-refractivity contribution in [1.29, 1.82) is 5.26 Å². The fourth-order valence-corrected chi connectivity index (χ4v) is 1.67. The zero-order chi connectivity index (χ0) is 13.5. The molecule has 0 aliphatic carbocycles. The molecule has 0 aliphatic heterocycles. The maximum absolute atomic E-state index is 11.8. The molecule has 0 spiro atoms. The number of likely N-dealkylation sites (N-methyl/N-ethyl adjacent to an activating group) is 1. The van der Waals surface area contributed by atoms with E-state index in [1.807, 2.05) is 24.3 Å². The number of hydrogen-bond donors (Lipinski definition) is 0. The lowest BCUT2D eigenvalue weighted by atomic mass is 10.2. The van der Waals surface area contributed by atoms with Gasteiger partial charge < -0.3 is 4.90 Å². The van der Waals surface area contributed by atoms with E-state index in [-0.39, 0.29) is 11.8 Å². The highest BCUT2D eigenvalue weighted by atomic mass is 79.9. The fourth-order valence-electron chi connectivity index (χ4n) is 1.41. The van der Waals surface area contributed by atoms with Gasteiger partial charge in [-0.2, -0.15) is 5.26 Å². The summed E-state index contributed by atoms with van der Waals surface area (Å²) in [7, 11) is 1.70. The Morgan fingerprint density at radius 2 is 2.11 bits per heavy atom. The van der Waals surface area contributed by atoms with Crippen molar-refractivity contribution in [2.45, 2.75) is 6.92 Å². The molecule has 3 nitrogen and oxygen atoms in total. The van der Waals surface area contributed by atoms with Crippen LogP contribution in [0, 0.1) is 17.2 Å². The summed E-state index contributed by atoms with van der Waals surface area (Å²) in [6.07, 6.45) is 3.29. The van der Waals surface area contributed by atoms with Crippen molar-refractivity contribution in [1.82, 2.24) is 4.90 Å². The molecular weight excluding hydrogens is 292 g/mol. The van der Waals surface area contributed by atoms with Crippen LogP contribution in [0.25, 0.3) is 6.08 Å². The third-order valence-corrected chi connectivity index (χ3v) is 2.96. The molecule has 1 aromatic rings. The zero-order valence-corrected chi connectivity index (χ0v) is 12.0. The topological polar surface area (TPSA) is 44.1 Å². The van der Waals surface area contributed by atoms with E-state index in [1.54, 1.807) is 24.9 Å². The van der Waals surface area contributed by atoms with Crippen LogP contribution >= 0.6 is 15.9 Å². The summed E-state index contributed by atoms with van der Waals surface area (Å²) in [5.41, 5.74) is 0.966. The molecule has 0 aromatic heterocycles. The highest BCUT2D eigenvalue weighted by molar-refractivity contribution is 9.10. The lowest BCUT2D eigenvalue weighted by Gasteiger charge is -2.15. The van der Waals surface area contributed by atoms with Gasteiger partial charge in [0.25, 0.3) is 0 Å². The van der Waals surface area contributed by atoms with Crippen LogP contribution in [0.1, 0.15) is 12.5 Å². The van der Waals surface area contributed by atoms with E-state index in [0.29, 0.717) is 6.54 Å². The van der Waals surface area contributed by atoms with Crippen LogP contribution in [0.15, 0.2) is 34.8 Å². The Balaban J connectivity index is 2.59. The molecule has 0 aliphatic rings. The fraction of sp³-hybridized carbons (Fsp3) is 0.286. The van der Waals surface area contributed by atoms with Gasteiger partial charge in [-0.1, -0.05) is 28.1 Å². The summed E-state index contributed by atoms with van der Waals surface area (Å²) in [4.78, 5) is 13.3. The second kappa shape index (κ2) is 6.97. The van der Waals surface area contributed by atoms with Crippen molar-refractivity contribution in [3.8, 4) is 6.07 Å². The van der Waals surface area contributed by atoms with Crippen molar-refractivity contribution >= 4 is 27.9 Å². The number of benzene rings is 1. The van der Waals surface area contributed by atoms with Gasteiger partial charge in [-0.05, 0) is 30.7 Å². The SMILES string of the molecule is CC(C#N)CN(C)C(=O)/C=C/c1ccc(Br)cc1. The first-order valence-electron chi connectivity index (χ1n) is 5.61. The number of carbonyl (C=O) groups excluding carboxylic acids is 1. The Bertz CT molecular complexity index is 474. The van der Waals surface area contributed by atoms with E-state index >= 15 is 0 Å². The third kappa shape index (κ3) is 4.72.